The Balaban J connectivity index is 0.00000196. The third kappa shape index (κ3) is 4.86. The van der Waals surface area contributed by atoms with Crippen LogP contribution >= 0.6 is 12.4 Å². The Bertz CT molecular complexity index is 658. The van der Waals surface area contributed by atoms with Crippen molar-refractivity contribution < 1.29 is 4.74 Å². The van der Waals surface area contributed by atoms with Crippen LogP contribution in [0, 0.1) is 5.92 Å². The number of aromatic nitrogens is 2. The van der Waals surface area contributed by atoms with Crippen molar-refractivity contribution in [1.29, 1.82) is 0 Å². The van der Waals surface area contributed by atoms with Gasteiger partial charge in [0.1, 0.15) is 0 Å². The maximum absolute atomic E-state index is 5.67. The van der Waals surface area contributed by atoms with E-state index in [9.17, 15) is 0 Å². The molecule has 5 nitrogen and oxygen atoms in total. The summed E-state index contributed by atoms with van der Waals surface area (Å²) < 4.78 is 7.64. The van der Waals surface area contributed by atoms with Gasteiger partial charge in [-0.3, -0.25) is 4.68 Å². The lowest BCUT2D eigenvalue weighted by Crippen LogP contribution is -2.50. The van der Waals surface area contributed by atoms with E-state index >= 15 is 0 Å². The van der Waals surface area contributed by atoms with Crippen LogP contribution in [0.5, 0.6) is 0 Å². The molecule has 0 bridgehead atoms. The zero-order valence-corrected chi connectivity index (χ0v) is 16.0. The second-order valence-corrected chi connectivity index (χ2v) is 7.24. The summed E-state index contributed by atoms with van der Waals surface area (Å²) in [5, 5.41) is 11.8. The van der Waals surface area contributed by atoms with Crippen molar-refractivity contribution in [2.24, 2.45) is 5.92 Å². The number of ether oxygens (including phenoxy) is 1. The molecular formula is C20H29ClN4O. The Labute approximate surface area is 161 Å². The summed E-state index contributed by atoms with van der Waals surface area (Å²) in [7, 11) is 0. The van der Waals surface area contributed by atoms with Crippen LogP contribution in [0.4, 0.5) is 0 Å². The highest BCUT2D eigenvalue weighted by Crippen LogP contribution is 2.29. The minimum absolute atomic E-state index is 0. The number of benzene rings is 1. The number of hydrogen-bond acceptors (Lipinski definition) is 4. The zero-order chi connectivity index (χ0) is 16.9. The average molecular weight is 377 g/mol. The standard InChI is InChI=1S/C20H28N4O.ClH/c1-4-16(12-17(5-1)14-24-10-3-8-23-24)13-22-19-7-2-6-18(19)20-15-25-11-9-21-20;/h1,3-5,8,10,12,18-22H,2,6-7,9,11,13-15H2;1H. The fourth-order valence-corrected chi connectivity index (χ4v) is 4.25. The van der Waals surface area contributed by atoms with E-state index < -0.39 is 0 Å². The quantitative estimate of drug-likeness (QED) is 0.813. The summed E-state index contributed by atoms with van der Waals surface area (Å²) in [5.74, 6) is 0.688. The van der Waals surface area contributed by atoms with Gasteiger partial charge in [0.25, 0.3) is 0 Å². The molecule has 2 N–H and O–H groups in total. The fourth-order valence-electron chi connectivity index (χ4n) is 4.25. The highest BCUT2D eigenvalue weighted by Gasteiger charge is 2.34. The largest absolute Gasteiger partial charge is 0.379 e. The molecule has 1 saturated carbocycles. The van der Waals surface area contributed by atoms with Gasteiger partial charge in [0, 0.05) is 37.6 Å². The van der Waals surface area contributed by atoms with E-state index in [1.165, 1.54) is 30.4 Å². The summed E-state index contributed by atoms with van der Waals surface area (Å²) in [6, 6.07) is 11.9. The first kappa shape index (κ1) is 19.4. The predicted octanol–water partition coefficient (Wildman–Crippen LogP) is 2.60. The molecule has 4 rings (SSSR count). The summed E-state index contributed by atoms with van der Waals surface area (Å²) in [6.45, 7) is 4.47. The van der Waals surface area contributed by atoms with Gasteiger partial charge in [-0.15, -0.1) is 12.4 Å². The normalized spacial score (nSPS) is 25.8. The lowest BCUT2D eigenvalue weighted by Gasteiger charge is -2.33. The van der Waals surface area contributed by atoms with Crippen LogP contribution < -0.4 is 10.6 Å². The van der Waals surface area contributed by atoms with Crippen molar-refractivity contribution in [3.8, 4) is 0 Å². The number of nitrogens with one attached hydrogen (secondary N) is 2. The van der Waals surface area contributed by atoms with E-state index in [4.69, 9.17) is 4.74 Å². The Kier molecular flexibility index (Phi) is 7.08. The highest BCUT2D eigenvalue weighted by molar-refractivity contribution is 5.85. The average Bonchev–Trinajstić information content (AvgIpc) is 3.33. The smallest absolute Gasteiger partial charge is 0.0659 e. The molecule has 2 fully saturated rings. The molecule has 142 valence electrons. The van der Waals surface area contributed by atoms with Gasteiger partial charge in [-0.1, -0.05) is 30.7 Å². The maximum atomic E-state index is 5.67. The maximum Gasteiger partial charge on any atom is 0.0659 e. The van der Waals surface area contributed by atoms with Crippen molar-refractivity contribution in [3.63, 3.8) is 0 Å². The van der Waals surface area contributed by atoms with Gasteiger partial charge in [-0.2, -0.15) is 5.10 Å². The molecule has 2 aromatic rings. The molecule has 1 aliphatic heterocycles. The van der Waals surface area contributed by atoms with Gasteiger partial charge >= 0.3 is 0 Å². The number of halogens is 1. The molecule has 1 aliphatic carbocycles. The molecule has 0 radical (unpaired) electrons. The van der Waals surface area contributed by atoms with Crippen LogP contribution in [-0.2, 0) is 17.8 Å². The number of morpholine rings is 1. The lowest BCUT2D eigenvalue weighted by atomic mass is 9.94. The summed E-state index contributed by atoms with van der Waals surface area (Å²) in [5.41, 5.74) is 2.65. The molecule has 1 aromatic heterocycles. The van der Waals surface area contributed by atoms with Crippen LogP contribution in [0.2, 0.25) is 0 Å². The van der Waals surface area contributed by atoms with Gasteiger partial charge in [-0.25, -0.2) is 0 Å². The molecule has 2 heterocycles. The van der Waals surface area contributed by atoms with E-state index in [0.717, 1.165) is 32.8 Å². The fraction of sp³-hybridized carbons (Fsp3) is 0.550. The van der Waals surface area contributed by atoms with Crippen molar-refractivity contribution in [3.05, 3.63) is 53.9 Å². The van der Waals surface area contributed by atoms with Crippen LogP contribution in [0.25, 0.3) is 0 Å². The Morgan fingerprint density at radius 2 is 2.15 bits per heavy atom. The highest BCUT2D eigenvalue weighted by atomic mass is 35.5. The summed E-state index contributed by atoms with van der Waals surface area (Å²) in [6.07, 6.45) is 7.73. The van der Waals surface area contributed by atoms with Crippen molar-refractivity contribution in [2.75, 3.05) is 19.8 Å². The Morgan fingerprint density at radius 3 is 2.96 bits per heavy atom. The molecule has 1 aromatic carbocycles. The van der Waals surface area contributed by atoms with Crippen molar-refractivity contribution >= 4 is 12.4 Å². The number of nitrogens with zero attached hydrogens (tertiary/aromatic N) is 2. The van der Waals surface area contributed by atoms with Crippen LogP contribution in [-0.4, -0.2) is 41.6 Å². The number of rotatable bonds is 6. The minimum atomic E-state index is 0. The van der Waals surface area contributed by atoms with E-state index in [2.05, 4.69) is 40.0 Å². The number of hydrogen-bond donors (Lipinski definition) is 2. The molecule has 2 aliphatic rings. The first-order chi connectivity index (χ1) is 12.4. The van der Waals surface area contributed by atoms with Gasteiger partial charge < -0.3 is 15.4 Å². The first-order valence-corrected chi connectivity index (χ1v) is 9.48. The molecular weight excluding hydrogens is 348 g/mol. The van der Waals surface area contributed by atoms with Gasteiger partial charge in [0.15, 0.2) is 0 Å². The molecule has 26 heavy (non-hydrogen) atoms. The Hall–Kier alpha value is -1.40. The lowest BCUT2D eigenvalue weighted by molar-refractivity contribution is 0.0524. The van der Waals surface area contributed by atoms with Crippen molar-refractivity contribution in [1.82, 2.24) is 20.4 Å². The Morgan fingerprint density at radius 1 is 1.23 bits per heavy atom. The third-order valence-corrected chi connectivity index (χ3v) is 5.50. The summed E-state index contributed by atoms with van der Waals surface area (Å²) in [4.78, 5) is 0. The van der Waals surface area contributed by atoms with Gasteiger partial charge in [0.2, 0.25) is 0 Å². The molecule has 3 atom stereocenters. The summed E-state index contributed by atoms with van der Waals surface area (Å²) >= 11 is 0. The van der Waals surface area contributed by atoms with E-state index in [-0.39, 0.29) is 12.4 Å². The minimum Gasteiger partial charge on any atom is -0.379 e. The van der Waals surface area contributed by atoms with E-state index in [1.54, 1.807) is 0 Å². The molecule has 1 saturated heterocycles. The molecule has 0 spiro atoms. The van der Waals surface area contributed by atoms with Crippen LogP contribution in [0.3, 0.4) is 0 Å². The van der Waals surface area contributed by atoms with Crippen molar-refractivity contribution in [2.45, 2.75) is 44.4 Å². The van der Waals surface area contributed by atoms with Gasteiger partial charge in [0.05, 0.1) is 19.8 Å². The molecule has 3 unspecified atom stereocenters. The first-order valence-electron chi connectivity index (χ1n) is 9.48. The molecule has 6 heteroatoms. The SMILES string of the molecule is Cl.c1cc(CNC2CCCC2C2COCCN2)cc(Cn2cccn2)c1. The third-order valence-electron chi connectivity index (χ3n) is 5.50. The van der Waals surface area contributed by atoms with Crippen LogP contribution in [0.1, 0.15) is 30.4 Å². The van der Waals surface area contributed by atoms with E-state index in [0.29, 0.717) is 18.0 Å². The second kappa shape index (κ2) is 9.51. The second-order valence-electron chi connectivity index (χ2n) is 7.24. The zero-order valence-electron chi connectivity index (χ0n) is 15.1. The van der Waals surface area contributed by atoms with Crippen LogP contribution in [0.15, 0.2) is 42.7 Å². The monoisotopic (exact) mass is 376 g/mol. The topological polar surface area (TPSA) is 51.1 Å². The predicted molar refractivity (Wildman–Crippen MR) is 106 cm³/mol. The van der Waals surface area contributed by atoms with E-state index in [1.807, 2.05) is 23.1 Å². The van der Waals surface area contributed by atoms with Gasteiger partial charge in [-0.05, 0) is 36.0 Å². The molecule has 0 amide bonds.